The van der Waals surface area contributed by atoms with Crippen LogP contribution in [-0.2, 0) is 4.79 Å². The summed E-state index contributed by atoms with van der Waals surface area (Å²) in [5.41, 5.74) is 5.83. The van der Waals surface area contributed by atoms with Gasteiger partial charge in [-0.3, -0.25) is 4.79 Å². The number of hydrogen-bond acceptors (Lipinski definition) is 3. The summed E-state index contributed by atoms with van der Waals surface area (Å²) in [6, 6.07) is -0.391. The molecule has 0 aliphatic carbocycles. The lowest BCUT2D eigenvalue weighted by molar-refractivity contribution is -0.122. The van der Waals surface area contributed by atoms with Crippen molar-refractivity contribution >= 4 is 5.91 Å². The molecular weight excluding hydrogens is 468 g/mol. The fourth-order valence-corrected chi connectivity index (χ4v) is 5.16. The van der Waals surface area contributed by atoms with Crippen LogP contribution < -0.4 is 11.1 Å². The second kappa shape index (κ2) is 30.7. The second-order valence-corrected chi connectivity index (χ2v) is 11.6. The molecule has 226 valence electrons. The lowest BCUT2D eigenvalue weighted by Crippen LogP contribution is -2.47. The number of unbranched alkanes of at least 4 members (excludes halogenated alkanes) is 23. The van der Waals surface area contributed by atoms with E-state index in [2.05, 4.69) is 25.2 Å². The molecule has 0 heterocycles. The van der Waals surface area contributed by atoms with Crippen molar-refractivity contribution in [2.75, 3.05) is 6.54 Å². The Morgan fingerprint density at radius 3 is 1.39 bits per heavy atom. The van der Waals surface area contributed by atoms with E-state index in [4.69, 9.17) is 5.73 Å². The Hall–Kier alpha value is -0.870. The van der Waals surface area contributed by atoms with Gasteiger partial charge in [-0.1, -0.05) is 167 Å². The third-order valence-corrected chi connectivity index (χ3v) is 7.83. The summed E-state index contributed by atoms with van der Waals surface area (Å²) in [5, 5.41) is 13.4. The van der Waals surface area contributed by atoms with Crippen LogP contribution in [0.4, 0.5) is 0 Å². The Bertz CT molecular complexity index is 509. The standard InChI is InChI=1S/C34H68N2O2/c1-3-5-7-9-11-13-15-17-19-21-23-25-27-29-33(37)32(31-35)36-34(38)30-28-26-24-22-20-18-16-14-12-10-8-6-4-2/h27,29,32-33,37H,3-26,28,30-31,35H2,1-2H3,(H,36,38). The summed E-state index contributed by atoms with van der Waals surface area (Å²) in [5.74, 6) is 0.0151. The summed E-state index contributed by atoms with van der Waals surface area (Å²) in [4.78, 5) is 12.3. The third kappa shape index (κ3) is 26.7. The smallest absolute Gasteiger partial charge is 0.220 e. The van der Waals surface area contributed by atoms with E-state index >= 15 is 0 Å². The maximum atomic E-state index is 12.3. The first kappa shape index (κ1) is 37.1. The Morgan fingerprint density at radius 1 is 0.632 bits per heavy atom. The molecule has 0 aromatic rings. The molecule has 0 aromatic heterocycles. The van der Waals surface area contributed by atoms with Crippen LogP contribution in [0.25, 0.3) is 0 Å². The van der Waals surface area contributed by atoms with Crippen LogP contribution >= 0.6 is 0 Å². The van der Waals surface area contributed by atoms with Gasteiger partial charge in [0.05, 0.1) is 12.1 Å². The highest BCUT2D eigenvalue weighted by Gasteiger charge is 2.17. The fourth-order valence-electron chi connectivity index (χ4n) is 5.16. The molecule has 0 aliphatic heterocycles. The van der Waals surface area contributed by atoms with E-state index in [0.29, 0.717) is 6.42 Å². The average molecular weight is 537 g/mol. The molecule has 0 spiro atoms. The molecule has 0 fully saturated rings. The van der Waals surface area contributed by atoms with Crippen LogP contribution in [0.3, 0.4) is 0 Å². The predicted molar refractivity (Wildman–Crippen MR) is 168 cm³/mol. The summed E-state index contributed by atoms with van der Waals surface area (Å²) in [6.07, 6.45) is 36.4. The van der Waals surface area contributed by atoms with Crippen molar-refractivity contribution < 1.29 is 9.90 Å². The molecule has 0 saturated carbocycles. The molecule has 0 aromatic carbocycles. The first-order chi connectivity index (χ1) is 18.7. The number of rotatable bonds is 30. The van der Waals surface area contributed by atoms with Crippen molar-refractivity contribution in [1.29, 1.82) is 0 Å². The quantitative estimate of drug-likeness (QED) is 0.0632. The second-order valence-electron chi connectivity index (χ2n) is 11.6. The van der Waals surface area contributed by atoms with Crippen LogP contribution in [-0.4, -0.2) is 29.7 Å². The highest BCUT2D eigenvalue weighted by Crippen LogP contribution is 2.14. The topological polar surface area (TPSA) is 75.3 Å². The number of hydrogen-bond donors (Lipinski definition) is 3. The van der Waals surface area contributed by atoms with Gasteiger partial charge in [0.1, 0.15) is 0 Å². The first-order valence-corrected chi connectivity index (χ1v) is 17.0. The zero-order valence-corrected chi connectivity index (χ0v) is 25.8. The predicted octanol–water partition coefficient (Wildman–Crippen LogP) is 9.53. The summed E-state index contributed by atoms with van der Waals surface area (Å²) < 4.78 is 0. The molecule has 38 heavy (non-hydrogen) atoms. The van der Waals surface area contributed by atoms with Crippen molar-refractivity contribution in [1.82, 2.24) is 5.32 Å². The van der Waals surface area contributed by atoms with E-state index in [1.54, 1.807) is 0 Å². The number of aliphatic hydroxyl groups excluding tert-OH is 1. The average Bonchev–Trinajstić information content (AvgIpc) is 2.92. The van der Waals surface area contributed by atoms with Gasteiger partial charge in [0, 0.05) is 13.0 Å². The van der Waals surface area contributed by atoms with Crippen LogP contribution in [0, 0.1) is 0 Å². The maximum absolute atomic E-state index is 12.3. The Kier molecular flexibility index (Phi) is 30.0. The molecule has 0 aliphatic rings. The largest absolute Gasteiger partial charge is 0.387 e. The molecule has 0 radical (unpaired) electrons. The number of allylic oxidation sites excluding steroid dienone is 1. The molecular formula is C34H68N2O2. The van der Waals surface area contributed by atoms with Gasteiger partial charge in [-0.2, -0.15) is 0 Å². The number of nitrogens with one attached hydrogen (secondary N) is 1. The summed E-state index contributed by atoms with van der Waals surface area (Å²) in [7, 11) is 0. The van der Waals surface area contributed by atoms with E-state index in [9.17, 15) is 9.90 Å². The fraction of sp³-hybridized carbons (Fsp3) is 0.912. The SMILES string of the molecule is CCCCCCCCCCCCCC=CC(O)C(CN)NC(=O)CCCCCCCCCCCCCCC. The monoisotopic (exact) mass is 537 g/mol. The Labute approximate surface area is 238 Å². The van der Waals surface area contributed by atoms with E-state index in [1.807, 2.05) is 6.08 Å². The highest BCUT2D eigenvalue weighted by molar-refractivity contribution is 5.76. The Balaban J connectivity index is 3.63. The highest BCUT2D eigenvalue weighted by atomic mass is 16.3. The number of aliphatic hydroxyl groups is 1. The van der Waals surface area contributed by atoms with Gasteiger partial charge in [-0.25, -0.2) is 0 Å². The van der Waals surface area contributed by atoms with E-state index in [1.165, 1.54) is 141 Å². The molecule has 0 rings (SSSR count). The van der Waals surface area contributed by atoms with Crippen LogP contribution in [0.15, 0.2) is 12.2 Å². The molecule has 1 amide bonds. The zero-order chi connectivity index (χ0) is 27.9. The molecule has 4 heteroatoms. The Morgan fingerprint density at radius 2 is 1.00 bits per heavy atom. The molecule has 2 atom stereocenters. The molecule has 0 bridgehead atoms. The van der Waals surface area contributed by atoms with Gasteiger partial charge in [0.25, 0.3) is 0 Å². The van der Waals surface area contributed by atoms with Crippen molar-refractivity contribution in [3.8, 4) is 0 Å². The third-order valence-electron chi connectivity index (χ3n) is 7.83. The minimum atomic E-state index is -0.705. The van der Waals surface area contributed by atoms with Gasteiger partial charge in [-0.15, -0.1) is 0 Å². The lowest BCUT2D eigenvalue weighted by Gasteiger charge is -2.20. The number of carbonyl (C=O) groups is 1. The normalized spacial score (nSPS) is 13.3. The summed E-state index contributed by atoms with van der Waals surface area (Å²) in [6.45, 7) is 4.80. The van der Waals surface area contributed by atoms with Crippen LogP contribution in [0.5, 0.6) is 0 Å². The van der Waals surface area contributed by atoms with Crippen molar-refractivity contribution in [3.63, 3.8) is 0 Å². The van der Waals surface area contributed by atoms with Gasteiger partial charge >= 0.3 is 0 Å². The number of carbonyl (C=O) groups excluding carboxylic acids is 1. The van der Waals surface area contributed by atoms with Gasteiger partial charge < -0.3 is 16.2 Å². The van der Waals surface area contributed by atoms with Gasteiger partial charge in [0.2, 0.25) is 5.91 Å². The number of amides is 1. The molecule has 2 unspecified atom stereocenters. The minimum Gasteiger partial charge on any atom is -0.387 e. The lowest BCUT2D eigenvalue weighted by atomic mass is 10.0. The summed E-state index contributed by atoms with van der Waals surface area (Å²) >= 11 is 0. The molecule has 4 nitrogen and oxygen atoms in total. The van der Waals surface area contributed by atoms with Crippen molar-refractivity contribution in [2.45, 2.75) is 193 Å². The van der Waals surface area contributed by atoms with E-state index in [0.717, 1.165) is 19.3 Å². The first-order valence-electron chi connectivity index (χ1n) is 17.0. The maximum Gasteiger partial charge on any atom is 0.220 e. The van der Waals surface area contributed by atoms with E-state index < -0.39 is 12.1 Å². The van der Waals surface area contributed by atoms with Gasteiger partial charge in [-0.05, 0) is 19.3 Å². The van der Waals surface area contributed by atoms with Crippen molar-refractivity contribution in [3.05, 3.63) is 12.2 Å². The zero-order valence-electron chi connectivity index (χ0n) is 25.8. The number of nitrogens with two attached hydrogens (primary N) is 1. The minimum absolute atomic E-state index is 0.0151. The molecule has 4 N–H and O–H groups in total. The van der Waals surface area contributed by atoms with Crippen LogP contribution in [0.2, 0.25) is 0 Å². The van der Waals surface area contributed by atoms with E-state index in [-0.39, 0.29) is 12.5 Å². The molecule has 0 saturated heterocycles. The van der Waals surface area contributed by atoms with Gasteiger partial charge in [0.15, 0.2) is 0 Å². The van der Waals surface area contributed by atoms with Crippen molar-refractivity contribution in [2.24, 2.45) is 5.73 Å². The van der Waals surface area contributed by atoms with Crippen LogP contribution in [0.1, 0.15) is 181 Å².